The third kappa shape index (κ3) is 4.07. The van der Waals surface area contributed by atoms with Crippen molar-refractivity contribution in [1.29, 1.82) is 0 Å². The van der Waals surface area contributed by atoms with Crippen LogP contribution in [0.3, 0.4) is 0 Å². The zero-order valence-electron chi connectivity index (χ0n) is 12.7. The van der Waals surface area contributed by atoms with E-state index in [-0.39, 0.29) is 0 Å². The maximum Gasteiger partial charge on any atom is 0.106 e. The summed E-state index contributed by atoms with van der Waals surface area (Å²) in [4.78, 5) is 4.73. The summed E-state index contributed by atoms with van der Waals surface area (Å²) in [6, 6.07) is 0. The van der Waals surface area contributed by atoms with Gasteiger partial charge >= 0.3 is 0 Å². The number of unbranched alkanes of at least 4 members (excludes halogenated alkanes) is 3. The molecule has 0 amide bonds. The molecule has 0 saturated carbocycles. The van der Waals surface area contributed by atoms with Gasteiger partial charge in [0.05, 0.1) is 5.69 Å². The van der Waals surface area contributed by atoms with E-state index in [0.717, 1.165) is 19.6 Å². The molecule has 1 aromatic heterocycles. The van der Waals surface area contributed by atoms with Gasteiger partial charge in [-0.15, -0.1) is 0 Å². The fourth-order valence-corrected chi connectivity index (χ4v) is 3.03. The summed E-state index contributed by atoms with van der Waals surface area (Å²) in [5.74, 6) is 1.21. The van der Waals surface area contributed by atoms with E-state index in [1.807, 2.05) is 0 Å². The van der Waals surface area contributed by atoms with Crippen LogP contribution in [0, 0.1) is 6.92 Å². The van der Waals surface area contributed by atoms with Crippen LogP contribution in [-0.2, 0) is 19.4 Å². The zero-order valence-corrected chi connectivity index (χ0v) is 12.7. The Morgan fingerprint density at radius 2 is 1.95 bits per heavy atom. The first-order valence-corrected chi connectivity index (χ1v) is 8.08. The van der Waals surface area contributed by atoms with Crippen LogP contribution < -0.4 is 5.32 Å². The monoisotopic (exact) mass is 263 g/mol. The lowest BCUT2D eigenvalue weighted by molar-refractivity contribution is 0.537. The van der Waals surface area contributed by atoms with Crippen molar-refractivity contribution in [3.8, 4) is 0 Å². The molecule has 0 bridgehead atoms. The Morgan fingerprint density at radius 3 is 2.79 bits per heavy atom. The molecule has 0 aliphatic heterocycles. The Balaban J connectivity index is 1.72. The molecule has 0 saturated heterocycles. The molecule has 1 N–H and O–H groups in total. The van der Waals surface area contributed by atoms with Crippen molar-refractivity contribution in [3.05, 3.63) is 17.2 Å². The molecule has 0 unspecified atom stereocenters. The first-order chi connectivity index (χ1) is 9.33. The van der Waals surface area contributed by atoms with Crippen LogP contribution >= 0.6 is 0 Å². The van der Waals surface area contributed by atoms with E-state index in [9.17, 15) is 0 Å². The highest BCUT2D eigenvalue weighted by atomic mass is 15.1. The Bertz CT molecular complexity index is 382. The van der Waals surface area contributed by atoms with E-state index in [4.69, 9.17) is 4.98 Å². The van der Waals surface area contributed by atoms with Crippen molar-refractivity contribution < 1.29 is 0 Å². The minimum atomic E-state index is 1.08. The second kappa shape index (κ2) is 7.68. The number of hydrogen-bond donors (Lipinski definition) is 1. The molecule has 1 aliphatic rings. The first-order valence-electron chi connectivity index (χ1n) is 8.08. The largest absolute Gasteiger partial charge is 0.331 e. The summed E-state index contributed by atoms with van der Waals surface area (Å²) in [6.07, 6.45) is 10.4. The molecule has 108 valence electrons. The first kappa shape index (κ1) is 14.6. The normalized spacial score (nSPS) is 14.6. The van der Waals surface area contributed by atoms with E-state index >= 15 is 0 Å². The number of hydrogen-bond acceptors (Lipinski definition) is 2. The van der Waals surface area contributed by atoms with Crippen LogP contribution in [0.2, 0.25) is 0 Å². The minimum absolute atomic E-state index is 1.08. The molecule has 1 heterocycles. The van der Waals surface area contributed by atoms with Gasteiger partial charge in [-0.05, 0) is 45.6 Å². The number of imidazole rings is 1. The van der Waals surface area contributed by atoms with Gasteiger partial charge in [-0.2, -0.15) is 0 Å². The predicted octanol–water partition coefficient (Wildman–Crippen LogP) is 3.24. The molecule has 0 radical (unpaired) electrons. The van der Waals surface area contributed by atoms with Crippen LogP contribution in [-0.4, -0.2) is 22.6 Å². The average Bonchev–Trinajstić information content (AvgIpc) is 2.74. The smallest absolute Gasteiger partial charge is 0.106 e. The Hall–Kier alpha value is -0.830. The van der Waals surface area contributed by atoms with E-state index < -0.39 is 0 Å². The SMILES string of the molecule is CCCCCCNCCn1c(C)nc2c1CCCC2. The minimum Gasteiger partial charge on any atom is -0.331 e. The molecular formula is C16H29N3. The van der Waals surface area contributed by atoms with Crippen molar-refractivity contribution in [2.45, 2.75) is 71.8 Å². The molecular weight excluding hydrogens is 234 g/mol. The maximum atomic E-state index is 4.73. The van der Waals surface area contributed by atoms with E-state index in [1.165, 1.54) is 68.6 Å². The zero-order chi connectivity index (χ0) is 13.5. The molecule has 19 heavy (non-hydrogen) atoms. The van der Waals surface area contributed by atoms with Gasteiger partial charge < -0.3 is 9.88 Å². The van der Waals surface area contributed by atoms with Crippen LogP contribution in [0.5, 0.6) is 0 Å². The number of aromatic nitrogens is 2. The third-order valence-electron chi connectivity index (χ3n) is 4.14. The third-order valence-corrected chi connectivity index (χ3v) is 4.14. The summed E-state index contributed by atoms with van der Waals surface area (Å²) in [7, 11) is 0. The molecule has 0 fully saturated rings. The summed E-state index contributed by atoms with van der Waals surface area (Å²) in [6.45, 7) is 7.74. The number of nitrogens with zero attached hydrogens (tertiary/aromatic N) is 2. The Kier molecular flexibility index (Phi) is 5.90. The van der Waals surface area contributed by atoms with Crippen molar-refractivity contribution in [1.82, 2.24) is 14.9 Å². The number of aryl methyl sites for hydroxylation is 2. The number of rotatable bonds is 8. The summed E-state index contributed by atoms with van der Waals surface area (Å²) < 4.78 is 2.44. The lowest BCUT2D eigenvalue weighted by Gasteiger charge is -2.15. The molecule has 0 atom stereocenters. The molecule has 2 rings (SSSR count). The van der Waals surface area contributed by atoms with Gasteiger partial charge in [0.25, 0.3) is 0 Å². The lowest BCUT2D eigenvalue weighted by atomic mass is 10.0. The Morgan fingerprint density at radius 1 is 1.11 bits per heavy atom. The lowest BCUT2D eigenvalue weighted by Crippen LogP contribution is -2.22. The highest BCUT2D eigenvalue weighted by Crippen LogP contribution is 2.21. The van der Waals surface area contributed by atoms with Crippen LogP contribution in [0.15, 0.2) is 0 Å². The second-order valence-corrected chi connectivity index (χ2v) is 5.72. The van der Waals surface area contributed by atoms with Crippen molar-refractivity contribution in [2.24, 2.45) is 0 Å². The number of fused-ring (bicyclic) bond motifs is 1. The van der Waals surface area contributed by atoms with Gasteiger partial charge in [0, 0.05) is 18.8 Å². The van der Waals surface area contributed by atoms with Crippen LogP contribution in [0.4, 0.5) is 0 Å². The van der Waals surface area contributed by atoms with Gasteiger partial charge in [0.1, 0.15) is 5.82 Å². The van der Waals surface area contributed by atoms with Gasteiger partial charge in [-0.1, -0.05) is 26.2 Å². The fraction of sp³-hybridized carbons (Fsp3) is 0.812. The van der Waals surface area contributed by atoms with Gasteiger partial charge in [-0.3, -0.25) is 0 Å². The number of nitrogens with one attached hydrogen (secondary N) is 1. The second-order valence-electron chi connectivity index (χ2n) is 5.72. The summed E-state index contributed by atoms with van der Waals surface area (Å²) in [5.41, 5.74) is 2.88. The van der Waals surface area contributed by atoms with Gasteiger partial charge in [-0.25, -0.2) is 4.98 Å². The average molecular weight is 263 g/mol. The van der Waals surface area contributed by atoms with Gasteiger partial charge in [0.15, 0.2) is 0 Å². The van der Waals surface area contributed by atoms with Crippen LogP contribution in [0.1, 0.15) is 62.7 Å². The van der Waals surface area contributed by atoms with Gasteiger partial charge in [0.2, 0.25) is 0 Å². The van der Waals surface area contributed by atoms with Crippen molar-refractivity contribution in [2.75, 3.05) is 13.1 Å². The molecule has 3 nitrogen and oxygen atoms in total. The molecule has 3 heteroatoms. The highest BCUT2D eigenvalue weighted by molar-refractivity contribution is 5.19. The summed E-state index contributed by atoms with van der Waals surface area (Å²) in [5, 5.41) is 3.57. The quantitative estimate of drug-likeness (QED) is 0.730. The van der Waals surface area contributed by atoms with Crippen LogP contribution in [0.25, 0.3) is 0 Å². The van der Waals surface area contributed by atoms with E-state index in [1.54, 1.807) is 0 Å². The molecule has 1 aliphatic carbocycles. The predicted molar refractivity (Wildman–Crippen MR) is 80.6 cm³/mol. The maximum absolute atomic E-state index is 4.73. The molecule has 0 aromatic carbocycles. The fourth-order valence-electron chi connectivity index (χ4n) is 3.03. The molecule has 1 aromatic rings. The topological polar surface area (TPSA) is 29.9 Å². The summed E-state index contributed by atoms with van der Waals surface area (Å²) >= 11 is 0. The van der Waals surface area contributed by atoms with Crippen molar-refractivity contribution in [3.63, 3.8) is 0 Å². The van der Waals surface area contributed by atoms with Crippen molar-refractivity contribution >= 4 is 0 Å². The van der Waals surface area contributed by atoms with E-state index in [0.29, 0.717) is 0 Å². The molecule has 0 spiro atoms. The highest BCUT2D eigenvalue weighted by Gasteiger charge is 2.17. The van der Waals surface area contributed by atoms with E-state index in [2.05, 4.69) is 23.7 Å². The standard InChI is InChI=1S/C16H29N3/c1-3-4-5-8-11-17-12-13-19-14(2)18-15-9-6-7-10-16(15)19/h17H,3-13H2,1-2H3. The Labute approximate surface area is 117 Å².